The van der Waals surface area contributed by atoms with Crippen LogP contribution >= 0.6 is 11.6 Å². The van der Waals surface area contributed by atoms with E-state index in [0.717, 1.165) is 0 Å². The highest BCUT2D eigenvalue weighted by atomic mass is 35.5. The Balaban J connectivity index is 2.45. The molecule has 0 saturated carbocycles. The molecular formula is C16H15ClN2O2. The molecule has 1 aromatic carbocycles. The number of hydrogen-bond donors (Lipinski definition) is 2. The maximum Gasteiger partial charge on any atom is 0.338 e. The summed E-state index contributed by atoms with van der Waals surface area (Å²) in [4.78, 5) is 15.5. The van der Waals surface area contributed by atoms with Crippen molar-refractivity contribution in [3.63, 3.8) is 0 Å². The molecule has 0 saturated heterocycles. The number of hydrogen-bond acceptors (Lipinski definition) is 3. The molecule has 0 aliphatic carbocycles. The Kier molecular flexibility index (Phi) is 4.95. The van der Waals surface area contributed by atoms with Crippen molar-refractivity contribution in [3.8, 4) is 0 Å². The molecule has 0 unspecified atom stereocenters. The van der Waals surface area contributed by atoms with Crippen molar-refractivity contribution in [1.29, 1.82) is 0 Å². The van der Waals surface area contributed by atoms with E-state index in [9.17, 15) is 9.90 Å². The Labute approximate surface area is 128 Å². The molecule has 0 radical (unpaired) electrons. The fourth-order valence-electron chi connectivity index (χ4n) is 2.01. The van der Waals surface area contributed by atoms with Crippen molar-refractivity contribution < 1.29 is 9.90 Å². The molecule has 108 valence electrons. The zero-order valence-electron chi connectivity index (χ0n) is 11.5. The number of aliphatic carboxylic acids is 1. The summed E-state index contributed by atoms with van der Waals surface area (Å²) in [5.41, 5.74) is 2.25. The van der Waals surface area contributed by atoms with Crippen molar-refractivity contribution >= 4 is 28.8 Å². The van der Waals surface area contributed by atoms with Crippen molar-refractivity contribution in [2.24, 2.45) is 0 Å². The van der Waals surface area contributed by atoms with Gasteiger partial charge in [0.15, 0.2) is 0 Å². The molecule has 0 spiro atoms. The number of rotatable bonds is 5. The van der Waals surface area contributed by atoms with Crippen molar-refractivity contribution in [3.05, 3.63) is 65.1 Å². The zero-order chi connectivity index (χ0) is 15.2. The van der Waals surface area contributed by atoms with E-state index in [0.29, 0.717) is 28.5 Å². The molecule has 2 aromatic rings. The molecule has 0 aliphatic heterocycles. The SMILES string of the molecule is CCC(Nc1ccnc(Cl)c1)=C(C(=O)O)c1ccccc1. The zero-order valence-corrected chi connectivity index (χ0v) is 12.3. The molecule has 2 rings (SSSR count). The van der Waals surface area contributed by atoms with Crippen LogP contribution in [0.5, 0.6) is 0 Å². The third kappa shape index (κ3) is 3.83. The molecular weight excluding hydrogens is 288 g/mol. The molecule has 2 N–H and O–H groups in total. The summed E-state index contributed by atoms with van der Waals surface area (Å²) < 4.78 is 0. The monoisotopic (exact) mass is 302 g/mol. The molecule has 0 aliphatic rings. The number of carbonyl (C=O) groups is 1. The first-order valence-electron chi connectivity index (χ1n) is 6.52. The van der Waals surface area contributed by atoms with E-state index in [1.807, 2.05) is 25.1 Å². The summed E-state index contributed by atoms with van der Waals surface area (Å²) in [5.74, 6) is -0.967. The summed E-state index contributed by atoms with van der Waals surface area (Å²) in [6.07, 6.45) is 2.12. The number of carboxylic acids is 1. The second-order valence-corrected chi connectivity index (χ2v) is 4.76. The first-order valence-corrected chi connectivity index (χ1v) is 6.90. The van der Waals surface area contributed by atoms with E-state index in [2.05, 4.69) is 10.3 Å². The van der Waals surface area contributed by atoms with E-state index < -0.39 is 5.97 Å². The topological polar surface area (TPSA) is 62.2 Å². The standard InChI is InChI=1S/C16H15ClN2O2/c1-2-13(19-12-8-9-18-14(17)10-12)15(16(20)21)11-6-4-3-5-7-11/h3-10H,2H2,1H3,(H,18,19)(H,20,21). The van der Waals surface area contributed by atoms with Crippen LogP contribution in [0.3, 0.4) is 0 Å². The van der Waals surface area contributed by atoms with Crippen molar-refractivity contribution in [2.75, 3.05) is 5.32 Å². The van der Waals surface area contributed by atoms with E-state index in [-0.39, 0.29) is 5.57 Å². The van der Waals surface area contributed by atoms with Crippen molar-refractivity contribution in [2.45, 2.75) is 13.3 Å². The lowest BCUT2D eigenvalue weighted by atomic mass is 10.0. The third-order valence-electron chi connectivity index (χ3n) is 2.95. The molecule has 0 atom stereocenters. The summed E-state index contributed by atoms with van der Waals surface area (Å²) in [6, 6.07) is 12.4. The van der Waals surface area contributed by atoms with Gasteiger partial charge in [0.25, 0.3) is 0 Å². The average Bonchev–Trinajstić information content (AvgIpc) is 2.47. The minimum Gasteiger partial charge on any atom is -0.478 e. The van der Waals surface area contributed by atoms with Gasteiger partial charge in [-0.15, -0.1) is 0 Å². The molecule has 0 amide bonds. The lowest BCUT2D eigenvalue weighted by molar-refractivity contribution is -0.130. The van der Waals surface area contributed by atoms with Crippen LogP contribution in [-0.2, 0) is 4.79 Å². The number of halogens is 1. The molecule has 1 aromatic heterocycles. The number of allylic oxidation sites excluding steroid dienone is 1. The fourth-order valence-corrected chi connectivity index (χ4v) is 2.19. The third-order valence-corrected chi connectivity index (χ3v) is 3.16. The van der Waals surface area contributed by atoms with Gasteiger partial charge in [0.2, 0.25) is 0 Å². The van der Waals surface area contributed by atoms with Crippen LogP contribution in [0.2, 0.25) is 5.15 Å². The Morgan fingerprint density at radius 3 is 2.57 bits per heavy atom. The first-order chi connectivity index (χ1) is 10.1. The van der Waals surface area contributed by atoms with Crippen LogP contribution < -0.4 is 5.32 Å². The Bertz CT molecular complexity index is 669. The van der Waals surface area contributed by atoms with Crippen LogP contribution in [0.15, 0.2) is 54.4 Å². The Morgan fingerprint density at radius 2 is 2.00 bits per heavy atom. The Hall–Kier alpha value is -2.33. The van der Waals surface area contributed by atoms with E-state index in [4.69, 9.17) is 11.6 Å². The van der Waals surface area contributed by atoms with Crippen LogP contribution in [-0.4, -0.2) is 16.1 Å². The quantitative estimate of drug-likeness (QED) is 0.646. The number of nitrogens with one attached hydrogen (secondary N) is 1. The van der Waals surface area contributed by atoms with Gasteiger partial charge in [-0.05, 0) is 24.1 Å². The highest BCUT2D eigenvalue weighted by Gasteiger charge is 2.16. The van der Waals surface area contributed by atoms with Crippen LogP contribution in [0.4, 0.5) is 5.69 Å². The minimum atomic E-state index is -0.967. The summed E-state index contributed by atoms with van der Waals surface area (Å²) in [6.45, 7) is 1.90. The molecule has 1 heterocycles. The summed E-state index contributed by atoms with van der Waals surface area (Å²) in [7, 11) is 0. The van der Waals surface area contributed by atoms with Gasteiger partial charge in [-0.1, -0.05) is 48.9 Å². The lowest BCUT2D eigenvalue weighted by Gasteiger charge is -2.14. The fraction of sp³-hybridized carbons (Fsp3) is 0.125. The molecule has 5 heteroatoms. The second kappa shape index (κ2) is 6.90. The Morgan fingerprint density at radius 1 is 1.29 bits per heavy atom. The predicted molar refractivity (Wildman–Crippen MR) is 84.2 cm³/mol. The summed E-state index contributed by atoms with van der Waals surface area (Å²) in [5, 5.41) is 13.0. The van der Waals surface area contributed by atoms with Gasteiger partial charge >= 0.3 is 5.97 Å². The number of carboxylic acid groups (broad SMARTS) is 1. The van der Waals surface area contributed by atoms with Gasteiger partial charge < -0.3 is 10.4 Å². The van der Waals surface area contributed by atoms with Gasteiger partial charge in [-0.25, -0.2) is 9.78 Å². The first kappa shape index (κ1) is 15.1. The van der Waals surface area contributed by atoms with Gasteiger partial charge in [-0.2, -0.15) is 0 Å². The maximum atomic E-state index is 11.6. The summed E-state index contributed by atoms with van der Waals surface area (Å²) >= 11 is 5.85. The number of aromatic nitrogens is 1. The molecule has 4 nitrogen and oxygen atoms in total. The van der Waals surface area contributed by atoms with Crippen LogP contribution in [0, 0.1) is 0 Å². The van der Waals surface area contributed by atoms with Crippen LogP contribution in [0.1, 0.15) is 18.9 Å². The smallest absolute Gasteiger partial charge is 0.338 e. The highest BCUT2D eigenvalue weighted by molar-refractivity contribution is 6.29. The number of pyridine rings is 1. The largest absolute Gasteiger partial charge is 0.478 e. The maximum absolute atomic E-state index is 11.6. The predicted octanol–water partition coefficient (Wildman–Crippen LogP) is 4.05. The second-order valence-electron chi connectivity index (χ2n) is 4.37. The highest BCUT2D eigenvalue weighted by Crippen LogP contribution is 2.24. The lowest BCUT2D eigenvalue weighted by Crippen LogP contribution is -2.09. The molecule has 0 bridgehead atoms. The van der Waals surface area contributed by atoms with Crippen LogP contribution in [0.25, 0.3) is 5.57 Å². The molecule has 0 fully saturated rings. The number of nitrogens with zero attached hydrogens (tertiary/aromatic N) is 1. The average molecular weight is 303 g/mol. The van der Waals surface area contributed by atoms with E-state index in [1.54, 1.807) is 30.5 Å². The van der Waals surface area contributed by atoms with Gasteiger partial charge in [0.05, 0.1) is 5.57 Å². The molecule has 21 heavy (non-hydrogen) atoms. The van der Waals surface area contributed by atoms with Gasteiger partial charge in [0, 0.05) is 17.6 Å². The van der Waals surface area contributed by atoms with E-state index >= 15 is 0 Å². The number of benzene rings is 1. The van der Waals surface area contributed by atoms with Gasteiger partial charge in [-0.3, -0.25) is 0 Å². The van der Waals surface area contributed by atoms with Crippen molar-refractivity contribution in [1.82, 2.24) is 4.98 Å². The normalized spacial score (nSPS) is 11.7. The minimum absolute atomic E-state index is 0.256. The van der Waals surface area contributed by atoms with Gasteiger partial charge in [0.1, 0.15) is 5.15 Å². The van der Waals surface area contributed by atoms with E-state index in [1.165, 1.54) is 0 Å². The number of anilines is 1.